The summed E-state index contributed by atoms with van der Waals surface area (Å²) in [6.07, 6.45) is 0.659. The summed E-state index contributed by atoms with van der Waals surface area (Å²) in [5, 5.41) is 3.23. The highest BCUT2D eigenvalue weighted by Gasteiger charge is 2.23. The molecule has 18 heavy (non-hydrogen) atoms. The van der Waals surface area contributed by atoms with Gasteiger partial charge in [-0.15, -0.1) is 0 Å². The van der Waals surface area contributed by atoms with Gasteiger partial charge in [0.05, 0.1) is 11.4 Å². The smallest absolute Gasteiger partial charge is 0.235 e. The monoisotopic (exact) mass is 332 g/mol. The van der Waals surface area contributed by atoms with Crippen LogP contribution in [0.15, 0.2) is 22.7 Å². The first-order valence-electron chi connectivity index (χ1n) is 5.98. The minimum atomic E-state index is -3.19. The Morgan fingerprint density at radius 3 is 2.83 bits per heavy atom. The average molecular weight is 333 g/mol. The number of halogens is 1. The second-order valence-electron chi connectivity index (χ2n) is 4.43. The fraction of sp³-hybridized carbons (Fsp3) is 0.500. The predicted octanol–water partition coefficient (Wildman–Crippen LogP) is 1.89. The lowest BCUT2D eigenvalue weighted by molar-refractivity contribution is 0.572. The van der Waals surface area contributed by atoms with Crippen molar-refractivity contribution < 1.29 is 8.42 Å². The molecule has 0 unspecified atom stereocenters. The van der Waals surface area contributed by atoms with Crippen LogP contribution in [0.5, 0.6) is 0 Å². The summed E-state index contributed by atoms with van der Waals surface area (Å²) >= 11 is 3.45. The Hall–Kier alpha value is -0.590. The van der Waals surface area contributed by atoms with Gasteiger partial charge in [-0.3, -0.25) is 4.31 Å². The largest absolute Gasteiger partial charge is 0.315 e. The molecule has 1 heterocycles. The molecule has 0 bridgehead atoms. The molecule has 1 N–H and O–H groups in total. The second kappa shape index (κ2) is 5.59. The lowest BCUT2D eigenvalue weighted by Gasteiger charge is -2.27. The van der Waals surface area contributed by atoms with Crippen molar-refractivity contribution in [1.29, 1.82) is 0 Å². The van der Waals surface area contributed by atoms with Crippen molar-refractivity contribution >= 4 is 31.6 Å². The van der Waals surface area contributed by atoms with Crippen LogP contribution in [0.3, 0.4) is 0 Å². The van der Waals surface area contributed by atoms with Gasteiger partial charge in [-0.25, -0.2) is 8.42 Å². The van der Waals surface area contributed by atoms with Gasteiger partial charge in [-0.05, 0) is 37.6 Å². The first kappa shape index (κ1) is 13.8. The summed E-state index contributed by atoms with van der Waals surface area (Å²) in [7, 11) is -3.19. The van der Waals surface area contributed by atoms with Crippen LogP contribution in [-0.2, 0) is 10.0 Å². The number of hydrogen-bond donors (Lipinski definition) is 1. The molecule has 1 aromatic carbocycles. The number of nitrogens with one attached hydrogen (secondary N) is 1. The van der Waals surface area contributed by atoms with Crippen LogP contribution < -0.4 is 9.62 Å². The van der Waals surface area contributed by atoms with Crippen molar-refractivity contribution in [1.82, 2.24) is 5.32 Å². The molecule has 0 aromatic heterocycles. The molecule has 6 heteroatoms. The van der Waals surface area contributed by atoms with E-state index < -0.39 is 10.0 Å². The van der Waals surface area contributed by atoms with Gasteiger partial charge >= 0.3 is 0 Å². The number of rotatable bonds is 1. The molecule has 1 fully saturated rings. The van der Waals surface area contributed by atoms with E-state index in [9.17, 15) is 8.42 Å². The van der Waals surface area contributed by atoms with Crippen LogP contribution in [-0.4, -0.2) is 33.8 Å². The molecule has 1 saturated heterocycles. The van der Waals surface area contributed by atoms with Crippen molar-refractivity contribution in [2.24, 2.45) is 0 Å². The Balaban J connectivity index is 2.35. The van der Waals surface area contributed by atoms with Crippen LogP contribution in [0, 0.1) is 6.92 Å². The molecule has 0 spiro atoms. The second-order valence-corrected chi connectivity index (χ2v) is 7.29. The van der Waals surface area contributed by atoms with E-state index in [1.54, 1.807) is 0 Å². The zero-order valence-corrected chi connectivity index (χ0v) is 12.7. The topological polar surface area (TPSA) is 49.4 Å². The Bertz CT molecular complexity index is 531. The third-order valence-electron chi connectivity index (χ3n) is 3.03. The molecule has 0 amide bonds. The zero-order chi connectivity index (χ0) is 13.2. The molecule has 100 valence electrons. The molecule has 1 aliphatic rings. The SMILES string of the molecule is Cc1ccc(N2CCNCCCS2(=O)=O)cc1Br. The molecular formula is C12H17BrN2O2S. The average Bonchev–Trinajstić information content (AvgIpc) is 2.29. The van der Waals surface area contributed by atoms with Gasteiger partial charge in [0.2, 0.25) is 10.0 Å². The molecule has 0 saturated carbocycles. The molecular weight excluding hydrogens is 316 g/mol. The normalized spacial score (nSPS) is 20.2. The Labute approximate surface area is 117 Å². The Kier molecular flexibility index (Phi) is 4.29. The van der Waals surface area contributed by atoms with E-state index in [4.69, 9.17) is 0 Å². The predicted molar refractivity (Wildman–Crippen MR) is 77.5 cm³/mol. The van der Waals surface area contributed by atoms with E-state index in [0.29, 0.717) is 19.5 Å². The summed E-state index contributed by atoms with van der Waals surface area (Å²) in [5.41, 5.74) is 1.83. The van der Waals surface area contributed by atoms with Crippen LogP contribution in [0.25, 0.3) is 0 Å². The molecule has 1 aliphatic heterocycles. The maximum Gasteiger partial charge on any atom is 0.235 e. The standard InChI is InChI=1S/C12H17BrN2O2S/c1-10-3-4-11(9-12(10)13)15-7-6-14-5-2-8-18(15,16)17/h3-4,9,14H,2,5-8H2,1H3. The Morgan fingerprint density at radius 1 is 1.33 bits per heavy atom. The van der Waals surface area contributed by atoms with Crippen molar-refractivity contribution in [3.05, 3.63) is 28.2 Å². The van der Waals surface area contributed by atoms with Gasteiger partial charge in [-0.2, -0.15) is 0 Å². The highest BCUT2D eigenvalue weighted by atomic mass is 79.9. The van der Waals surface area contributed by atoms with Gasteiger partial charge in [0, 0.05) is 17.6 Å². The van der Waals surface area contributed by atoms with E-state index in [2.05, 4.69) is 21.2 Å². The van der Waals surface area contributed by atoms with Gasteiger partial charge in [0.15, 0.2) is 0 Å². The lowest BCUT2D eigenvalue weighted by Crippen LogP contribution is -2.41. The van der Waals surface area contributed by atoms with Gasteiger partial charge in [-0.1, -0.05) is 22.0 Å². The first-order valence-corrected chi connectivity index (χ1v) is 8.38. The quantitative estimate of drug-likeness (QED) is 0.854. The van der Waals surface area contributed by atoms with Gasteiger partial charge in [0.1, 0.15) is 0 Å². The first-order chi connectivity index (χ1) is 8.50. The molecule has 0 radical (unpaired) electrons. The van der Waals surface area contributed by atoms with Crippen LogP contribution in [0.4, 0.5) is 5.69 Å². The highest BCUT2D eigenvalue weighted by Crippen LogP contribution is 2.25. The third kappa shape index (κ3) is 3.05. The Morgan fingerprint density at radius 2 is 2.11 bits per heavy atom. The summed E-state index contributed by atoms with van der Waals surface area (Å²) in [6.45, 7) is 3.92. The molecule has 0 aliphatic carbocycles. The van der Waals surface area contributed by atoms with E-state index in [1.165, 1.54) is 4.31 Å². The zero-order valence-electron chi connectivity index (χ0n) is 10.3. The van der Waals surface area contributed by atoms with Gasteiger partial charge in [0.25, 0.3) is 0 Å². The third-order valence-corrected chi connectivity index (χ3v) is 5.75. The number of sulfonamides is 1. The van der Waals surface area contributed by atoms with E-state index in [1.807, 2.05) is 25.1 Å². The number of aryl methyl sites for hydroxylation is 1. The van der Waals surface area contributed by atoms with E-state index in [-0.39, 0.29) is 5.75 Å². The maximum atomic E-state index is 12.2. The van der Waals surface area contributed by atoms with Crippen LogP contribution in [0.1, 0.15) is 12.0 Å². The van der Waals surface area contributed by atoms with E-state index >= 15 is 0 Å². The fourth-order valence-electron chi connectivity index (χ4n) is 1.96. The fourth-order valence-corrected chi connectivity index (χ4v) is 3.86. The number of benzene rings is 1. The van der Waals surface area contributed by atoms with Crippen molar-refractivity contribution in [2.45, 2.75) is 13.3 Å². The number of anilines is 1. The van der Waals surface area contributed by atoms with Crippen LogP contribution >= 0.6 is 15.9 Å². The summed E-state index contributed by atoms with van der Waals surface area (Å²) < 4.78 is 26.9. The van der Waals surface area contributed by atoms with E-state index in [0.717, 1.165) is 22.3 Å². The van der Waals surface area contributed by atoms with Crippen molar-refractivity contribution in [3.8, 4) is 0 Å². The summed E-state index contributed by atoms with van der Waals surface area (Å²) in [6, 6.07) is 5.66. The number of hydrogen-bond acceptors (Lipinski definition) is 3. The minimum absolute atomic E-state index is 0.200. The summed E-state index contributed by atoms with van der Waals surface area (Å²) in [5.74, 6) is 0.200. The van der Waals surface area contributed by atoms with Crippen molar-refractivity contribution in [2.75, 3.05) is 29.7 Å². The molecule has 1 aromatic rings. The van der Waals surface area contributed by atoms with Gasteiger partial charge < -0.3 is 5.32 Å². The number of nitrogens with zero attached hydrogens (tertiary/aromatic N) is 1. The van der Waals surface area contributed by atoms with Crippen molar-refractivity contribution in [3.63, 3.8) is 0 Å². The molecule has 0 atom stereocenters. The minimum Gasteiger partial charge on any atom is -0.315 e. The lowest BCUT2D eigenvalue weighted by atomic mass is 10.2. The summed E-state index contributed by atoms with van der Waals surface area (Å²) in [4.78, 5) is 0. The molecule has 2 rings (SSSR count). The highest BCUT2D eigenvalue weighted by molar-refractivity contribution is 9.10. The van der Waals surface area contributed by atoms with Crippen LogP contribution in [0.2, 0.25) is 0 Å². The maximum absolute atomic E-state index is 12.2. The molecule has 4 nitrogen and oxygen atoms in total.